The minimum Gasteiger partial charge on any atom is -0.477 e. The number of nitrogens with zero attached hydrogens (tertiary/aromatic N) is 2. The van der Waals surface area contributed by atoms with E-state index in [1.54, 1.807) is 6.92 Å². The molecule has 1 heterocycles. The van der Waals surface area contributed by atoms with Crippen LogP contribution in [0.4, 0.5) is 18.3 Å². The summed E-state index contributed by atoms with van der Waals surface area (Å²) in [6, 6.07) is 0. The van der Waals surface area contributed by atoms with Gasteiger partial charge in [-0.25, -0.2) is 9.78 Å². The molecule has 1 aromatic heterocycles. The van der Waals surface area contributed by atoms with E-state index in [1.165, 1.54) is 0 Å². The fourth-order valence-corrected chi connectivity index (χ4v) is 2.91. The lowest BCUT2D eigenvalue weighted by atomic mass is 10.0. The van der Waals surface area contributed by atoms with Crippen LogP contribution in [-0.2, 0) is 0 Å². The zero-order valence-electron chi connectivity index (χ0n) is 12.2. The Hall–Kier alpha value is -1.31. The Bertz CT molecular complexity index is 488. The van der Waals surface area contributed by atoms with E-state index >= 15 is 0 Å². The van der Waals surface area contributed by atoms with Gasteiger partial charge in [-0.2, -0.15) is 13.2 Å². The van der Waals surface area contributed by atoms with Crippen molar-refractivity contribution in [1.82, 2.24) is 4.98 Å². The Morgan fingerprint density at radius 3 is 2.48 bits per heavy atom. The highest BCUT2D eigenvalue weighted by atomic mass is 32.1. The number of aromatic nitrogens is 1. The maximum absolute atomic E-state index is 12.6. The van der Waals surface area contributed by atoms with E-state index in [2.05, 4.69) is 4.98 Å². The van der Waals surface area contributed by atoms with Crippen molar-refractivity contribution in [3.05, 3.63) is 10.6 Å². The van der Waals surface area contributed by atoms with Gasteiger partial charge in [0.2, 0.25) is 0 Å². The molecule has 0 fully saturated rings. The van der Waals surface area contributed by atoms with Gasteiger partial charge in [-0.1, -0.05) is 32.1 Å². The fourth-order valence-electron chi connectivity index (χ4n) is 1.86. The highest BCUT2D eigenvalue weighted by molar-refractivity contribution is 7.17. The van der Waals surface area contributed by atoms with Crippen LogP contribution >= 0.6 is 11.3 Å². The van der Waals surface area contributed by atoms with Gasteiger partial charge in [-0.3, -0.25) is 0 Å². The number of alkyl halides is 3. The highest BCUT2D eigenvalue weighted by Gasteiger charge is 2.33. The molecule has 120 valence electrons. The molecular formula is C13H19F3N2O2S. The maximum atomic E-state index is 12.6. The third-order valence-electron chi connectivity index (χ3n) is 3.05. The zero-order chi connectivity index (χ0) is 16.2. The van der Waals surface area contributed by atoms with Gasteiger partial charge in [-0.05, 0) is 18.8 Å². The second-order valence-corrected chi connectivity index (χ2v) is 5.84. The molecule has 4 nitrogen and oxygen atoms in total. The minimum atomic E-state index is -4.35. The molecule has 1 unspecified atom stereocenters. The van der Waals surface area contributed by atoms with E-state index < -0.39 is 18.7 Å². The van der Waals surface area contributed by atoms with Crippen molar-refractivity contribution >= 4 is 22.4 Å². The van der Waals surface area contributed by atoms with Crippen molar-refractivity contribution in [3.8, 4) is 0 Å². The smallest absolute Gasteiger partial charge is 0.406 e. The molecule has 0 bridgehead atoms. The lowest BCUT2D eigenvalue weighted by molar-refractivity contribution is -0.119. The number of hydrogen-bond acceptors (Lipinski definition) is 4. The van der Waals surface area contributed by atoms with Crippen molar-refractivity contribution in [2.75, 3.05) is 18.0 Å². The summed E-state index contributed by atoms with van der Waals surface area (Å²) in [4.78, 5) is 16.6. The molecule has 0 radical (unpaired) electrons. The van der Waals surface area contributed by atoms with Crippen LogP contribution in [0.5, 0.6) is 0 Å². The first kappa shape index (κ1) is 17.7. The Balaban J connectivity index is 3.17. The first-order chi connectivity index (χ1) is 9.69. The van der Waals surface area contributed by atoms with Crippen LogP contribution in [0.15, 0.2) is 0 Å². The molecule has 0 aliphatic carbocycles. The summed E-state index contributed by atoms with van der Waals surface area (Å²) >= 11 is 0.815. The lowest BCUT2D eigenvalue weighted by Gasteiger charge is -2.22. The first-order valence-electron chi connectivity index (χ1n) is 6.75. The molecule has 0 aliphatic rings. The number of aromatic carboxylic acids is 1. The van der Waals surface area contributed by atoms with Crippen molar-refractivity contribution in [2.24, 2.45) is 0 Å². The molecule has 21 heavy (non-hydrogen) atoms. The molecule has 1 aromatic rings. The molecular weight excluding hydrogens is 305 g/mol. The van der Waals surface area contributed by atoms with Gasteiger partial charge in [0.05, 0.1) is 5.69 Å². The third kappa shape index (κ3) is 4.87. The van der Waals surface area contributed by atoms with Crippen LogP contribution in [0.2, 0.25) is 0 Å². The quantitative estimate of drug-likeness (QED) is 0.819. The summed E-state index contributed by atoms with van der Waals surface area (Å²) in [7, 11) is 0. The van der Waals surface area contributed by atoms with E-state index in [1.807, 2.05) is 13.8 Å². The number of carboxylic acids is 1. The molecule has 0 saturated carbocycles. The topological polar surface area (TPSA) is 53.4 Å². The predicted molar refractivity (Wildman–Crippen MR) is 76.3 cm³/mol. The molecule has 1 N–H and O–H groups in total. The summed E-state index contributed by atoms with van der Waals surface area (Å²) in [5.41, 5.74) is 0.369. The Kier molecular flexibility index (Phi) is 6.00. The standard InChI is InChI=1S/C13H19F3N2O2S/c1-4-6-18(7-13(14,15)16)12-17-9(8(3)5-2)10(21-12)11(19)20/h8H,4-7H2,1-3H3,(H,19,20). The van der Waals surface area contributed by atoms with E-state index in [0.717, 1.165) is 16.2 Å². The van der Waals surface area contributed by atoms with Gasteiger partial charge >= 0.3 is 12.1 Å². The van der Waals surface area contributed by atoms with Crippen molar-refractivity contribution in [1.29, 1.82) is 0 Å². The van der Waals surface area contributed by atoms with Crippen molar-refractivity contribution in [3.63, 3.8) is 0 Å². The van der Waals surface area contributed by atoms with Crippen molar-refractivity contribution < 1.29 is 23.1 Å². The van der Waals surface area contributed by atoms with Gasteiger partial charge in [-0.15, -0.1) is 0 Å². The molecule has 0 amide bonds. The average molecular weight is 324 g/mol. The fraction of sp³-hybridized carbons (Fsp3) is 0.692. The van der Waals surface area contributed by atoms with Gasteiger partial charge in [0, 0.05) is 6.54 Å². The van der Waals surface area contributed by atoms with Crippen LogP contribution in [-0.4, -0.2) is 35.3 Å². The minimum absolute atomic E-state index is 0.0302. The number of carboxylic acid groups (broad SMARTS) is 1. The Labute approximate surface area is 125 Å². The molecule has 0 saturated heterocycles. The number of halogens is 3. The van der Waals surface area contributed by atoms with Crippen LogP contribution in [0.1, 0.15) is 54.9 Å². The van der Waals surface area contributed by atoms with Crippen LogP contribution in [0.25, 0.3) is 0 Å². The predicted octanol–water partition coefficient (Wildman–Crippen LogP) is 4.13. The van der Waals surface area contributed by atoms with E-state index in [9.17, 15) is 23.1 Å². The lowest BCUT2D eigenvalue weighted by Crippen LogP contribution is -2.34. The maximum Gasteiger partial charge on any atom is 0.406 e. The molecule has 1 atom stereocenters. The number of thiazole rings is 1. The van der Waals surface area contributed by atoms with Gasteiger partial charge in [0.25, 0.3) is 0 Å². The zero-order valence-corrected chi connectivity index (χ0v) is 13.0. The largest absolute Gasteiger partial charge is 0.477 e. The number of carbonyl (C=O) groups is 1. The summed E-state index contributed by atoms with van der Waals surface area (Å²) in [6.45, 7) is 4.54. The number of anilines is 1. The molecule has 8 heteroatoms. The highest BCUT2D eigenvalue weighted by Crippen LogP contribution is 2.33. The summed E-state index contributed by atoms with van der Waals surface area (Å²) in [5.74, 6) is -1.24. The van der Waals surface area contributed by atoms with E-state index in [-0.39, 0.29) is 22.5 Å². The first-order valence-corrected chi connectivity index (χ1v) is 7.56. The average Bonchev–Trinajstić information content (AvgIpc) is 2.81. The van der Waals surface area contributed by atoms with Crippen LogP contribution < -0.4 is 4.90 Å². The second-order valence-electron chi connectivity index (χ2n) is 4.86. The van der Waals surface area contributed by atoms with Gasteiger partial charge in [0.1, 0.15) is 11.4 Å². The van der Waals surface area contributed by atoms with Crippen molar-refractivity contribution in [2.45, 2.75) is 45.7 Å². The van der Waals surface area contributed by atoms with E-state index in [0.29, 0.717) is 18.5 Å². The number of rotatable bonds is 7. The SMILES string of the molecule is CCCN(CC(F)(F)F)c1nc(C(C)CC)c(C(=O)O)s1. The summed E-state index contributed by atoms with van der Waals surface area (Å²) in [6.07, 6.45) is -3.14. The summed E-state index contributed by atoms with van der Waals surface area (Å²) in [5, 5.41) is 9.32. The second kappa shape index (κ2) is 7.11. The molecule has 0 aromatic carbocycles. The van der Waals surface area contributed by atoms with Gasteiger partial charge in [0.15, 0.2) is 5.13 Å². The molecule has 0 aliphatic heterocycles. The van der Waals surface area contributed by atoms with E-state index in [4.69, 9.17) is 0 Å². The van der Waals surface area contributed by atoms with Gasteiger partial charge < -0.3 is 10.0 Å². The monoisotopic (exact) mass is 324 g/mol. The summed E-state index contributed by atoms with van der Waals surface area (Å²) < 4.78 is 37.9. The Morgan fingerprint density at radius 1 is 1.43 bits per heavy atom. The van der Waals surface area contributed by atoms with Crippen LogP contribution in [0.3, 0.4) is 0 Å². The molecule has 1 rings (SSSR count). The third-order valence-corrected chi connectivity index (χ3v) is 4.17. The molecule has 0 spiro atoms. The Morgan fingerprint density at radius 2 is 2.05 bits per heavy atom. The van der Waals surface area contributed by atoms with Crippen LogP contribution in [0, 0.1) is 0 Å². The normalized spacial score (nSPS) is 13.2. The number of hydrogen-bond donors (Lipinski definition) is 1.